The van der Waals surface area contributed by atoms with Crippen LogP contribution in [0.25, 0.3) is 0 Å². The molecule has 4 aromatic rings. The van der Waals surface area contributed by atoms with Crippen LogP contribution in [-0.2, 0) is 21.7 Å². The second-order valence-electron chi connectivity index (χ2n) is 12.4. The van der Waals surface area contributed by atoms with E-state index in [-0.39, 0.29) is 30.5 Å². The molecule has 2 fully saturated rings. The van der Waals surface area contributed by atoms with E-state index in [1.165, 1.54) is 6.92 Å². The Hall–Kier alpha value is -3.89. The molecule has 0 radical (unpaired) electrons. The van der Waals surface area contributed by atoms with E-state index in [1.807, 2.05) is 54.6 Å². The quantitative estimate of drug-likeness (QED) is 0.170. The molecule has 2 heterocycles. The third-order valence-electron chi connectivity index (χ3n) is 9.09. The van der Waals surface area contributed by atoms with Crippen LogP contribution in [-0.4, -0.2) is 52.5 Å². The molecule has 3 N–H and O–H groups in total. The Morgan fingerprint density at radius 1 is 0.894 bits per heavy atom. The number of Topliss-reactive ketones (excluding diaryl/α,β-unsaturated/α-hetero) is 1. The number of nitrogens with zero attached hydrogens (tertiary/aromatic N) is 1. The molecule has 2 saturated heterocycles. The SMILES string of the molecule is CC(=O)c1cccc(NC(=O)c2cccc(C3OC(CN4CCC(O)(c5ccc(Cl)cc5)CC4)CC(c4ccc(CO)cc4)O3)c2)c1. The standard InChI is InChI=1S/C38H39ClN2O6/c1-25(43)28-4-3-7-33(21-28)40-36(44)29-5-2-6-30(20-29)37-46-34(22-35(47-37)27-10-8-26(24-42)9-11-27)23-41-18-16-38(45,17-19-41)31-12-14-32(39)15-13-31/h2-15,20-21,34-35,37,42,45H,16-19,22-24H2,1H3,(H,40,44). The van der Waals surface area contributed by atoms with Crippen LogP contribution in [0.15, 0.2) is 97.1 Å². The van der Waals surface area contributed by atoms with Crippen molar-refractivity contribution in [3.05, 3.63) is 135 Å². The van der Waals surface area contributed by atoms with Crippen molar-refractivity contribution < 1.29 is 29.3 Å². The van der Waals surface area contributed by atoms with Crippen molar-refractivity contribution >= 4 is 29.0 Å². The minimum Gasteiger partial charge on any atom is -0.392 e. The van der Waals surface area contributed by atoms with Crippen molar-refractivity contribution in [1.82, 2.24) is 4.90 Å². The molecule has 2 aliphatic rings. The molecule has 3 unspecified atom stereocenters. The Morgan fingerprint density at radius 2 is 1.60 bits per heavy atom. The summed E-state index contributed by atoms with van der Waals surface area (Å²) in [5.74, 6) is -0.385. The van der Waals surface area contributed by atoms with Gasteiger partial charge in [0.15, 0.2) is 12.1 Å². The molecule has 0 saturated carbocycles. The summed E-state index contributed by atoms with van der Waals surface area (Å²) >= 11 is 6.07. The van der Waals surface area contributed by atoms with Crippen LogP contribution in [0, 0.1) is 0 Å². The highest BCUT2D eigenvalue weighted by atomic mass is 35.5. The Morgan fingerprint density at radius 3 is 2.30 bits per heavy atom. The number of ether oxygens (including phenoxy) is 2. The van der Waals surface area contributed by atoms with Crippen molar-refractivity contribution in [2.75, 3.05) is 25.0 Å². The van der Waals surface area contributed by atoms with Gasteiger partial charge in [-0.1, -0.05) is 72.3 Å². The number of rotatable bonds is 9. The molecule has 3 atom stereocenters. The molecule has 1 amide bonds. The van der Waals surface area contributed by atoms with E-state index in [9.17, 15) is 19.8 Å². The summed E-state index contributed by atoms with van der Waals surface area (Å²) in [6.07, 6.45) is 0.652. The fourth-order valence-corrected chi connectivity index (χ4v) is 6.45. The third kappa shape index (κ3) is 7.99. The number of hydrogen-bond acceptors (Lipinski definition) is 7. The first-order valence-electron chi connectivity index (χ1n) is 15.9. The zero-order valence-corrected chi connectivity index (χ0v) is 27.0. The number of carbonyl (C=O) groups excluding carboxylic acids is 2. The average Bonchev–Trinajstić information content (AvgIpc) is 3.09. The van der Waals surface area contributed by atoms with Crippen molar-refractivity contribution in [2.45, 2.75) is 56.9 Å². The van der Waals surface area contributed by atoms with Crippen molar-refractivity contribution in [2.24, 2.45) is 0 Å². The topological polar surface area (TPSA) is 108 Å². The number of hydrogen-bond donors (Lipinski definition) is 3. The molecule has 9 heteroatoms. The van der Waals surface area contributed by atoms with Gasteiger partial charge in [0.05, 0.1) is 24.4 Å². The first-order chi connectivity index (χ1) is 22.7. The van der Waals surface area contributed by atoms with Crippen LogP contribution in [0.1, 0.15) is 81.5 Å². The summed E-state index contributed by atoms with van der Waals surface area (Å²) in [5.41, 5.74) is 4.00. The van der Waals surface area contributed by atoms with Gasteiger partial charge in [-0.25, -0.2) is 0 Å². The molecule has 0 aromatic heterocycles. The number of nitrogens with one attached hydrogen (secondary N) is 1. The molecule has 0 aliphatic carbocycles. The normalized spacial score (nSPS) is 21.2. The Kier molecular flexibility index (Phi) is 10.2. The summed E-state index contributed by atoms with van der Waals surface area (Å²) in [6.45, 7) is 3.53. The lowest BCUT2D eigenvalue weighted by Crippen LogP contribution is -2.46. The fraction of sp³-hybridized carbons (Fsp3) is 0.316. The lowest BCUT2D eigenvalue weighted by atomic mass is 9.84. The van der Waals surface area contributed by atoms with Gasteiger partial charge in [-0.2, -0.15) is 0 Å². The second-order valence-corrected chi connectivity index (χ2v) is 12.8. The van der Waals surface area contributed by atoms with Crippen molar-refractivity contribution in [1.29, 1.82) is 0 Å². The number of amides is 1. The largest absolute Gasteiger partial charge is 0.392 e. The van der Waals surface area contributed by atoms with E-state index in [0.29, 0.717) is 66.3 Å². The van der Waals surface area contributed by atoms with Gasteiger partial charge >= 0.3 is 0 Å². The number of halogens is 1. The molecule has 2 aliphatic heterocycles. The summed E-state index contributed by atoms with van der Waals surface area (Å²) in [7, 11) is 0. The van der Waals surface area contributed by atoms with E-state index in [0.717, 1.165) is 16.7 Å². The maximum atomic E-state index is 13.2. The number of likely N-dealkylation sites (tertiary alicyclic amines) is 1. The van der Waals surface area contributed by atoms with Gasteiger partial charge in [0, 0.05) is 53.5 Å². The Bertz CT molecular complexity index is 1700. The second kappa shape index (κ2) is 14.5. The monoisotopic (exact) mass is 654 g/mol. The van der Waals surface area contributed by atoms with E-state index < -0.39 is 11.9 Å². The van der Waals surface area contributed by atoms with Gasteiger partial charge in [-0.15, -0.1) is 0 Å². The average molecular weight is 655 g/mol. The van der Waals surface area contributed by atoms with E-state index >= 15 is 0 Å². The highest BCUT2D eigenvalue weighted by Gasteiger charge is 2.37. The number of piperidine rings is 1. The van der Waals surface area contributed by atoms with Crippen LogP contribution < -0.4 is 5.32 Å². The zero-order valence-electron chi connectivity index (χ0n) is 26.3. The van der Waals surface area contributed by atoms with Gasteiger partial charge in [-0.3, -0.25) is 9.59 Å². The summed E-state index contributed by atoms with van der Waals surface area (Å²) < 4.78 is 13.1. The van der Waals surface area contributed by atoms with Crippen LogP contribution in [0.4, 0.5) is 5.69 Å². The molecule has 244 valence electrons. The molecule has 0 spiro atoms. The number of carbonyl (C=O) groups is 2. The Balaban J connectivity index is 1.18. The van der Waals surface area contributed by atoms with Gasteiger partial charge in [-0.05, 0) is 72.9 Å². The maximum absolute atomic E-state index is 13.2. The maximum Gasteiger partial charge on any atom is 0.255 e. The minimum atomic E-state index is -0.897. The molecule has 8 nitrogen and oxygen atoms in total. The number of aliphatic hydroxyl groups is 2. The highest BCUT2D eigenvalue weighted by Crippen LogP contribution is 2.39. The molecular formula is C38H39ClN2O6. The Labute approximate surface area is 279 Å². The highest BCUT2D eigenvalue weighted by molar-refractivity contribution is 6.30. The lowest BCUT2D eigenvalue weighted by molar-refractivity contribution is -0.253. The van der Waals surface area contributed by atoms with E-state index in [1.54, 1.807) is 42.5 Å². The van der Waals surface area contributed by atoms with Crippen molar-refractivity contribution in [3.63, 3.8) is 0 Å². The summed E-state index contributed by atoms with van der Waals surface area (Å²) in [4.78, 5) is 27.4. The lowest BCUT2D eigenvalue weighted by Gasteiger charge is -2.42. The summed E-state index contributed by atoms with van der Waals surface area (Å²) in [6, 6.07) is 29.2. The number of benzene rings is 4. The van der Waals surface area contributed by atoms with E-state index in [4.69, 9.17) is 21.1 Å². The van der Waals surface area contributed by atoms with Crippen molar-refractivity contribution in [3.8, 4) is 0 Å². The van der Waals surface area contributed by atoms with Crippen LogP contribution in [0.3, 0.4) is 0 Å². The molecule has 47 heavy (non-hydrogen) atoms. The van der Waals surface area contributed by atoms with Crippen LogP contribution in [0.5, 0.6) is 0 Å². The predicted octanol–water partition coefficient (Wildman–Crippen LogP) is 6.82. The fourth-order valence-electron chi connectivity index (χ4n) is 6.32. The smallest absolute Gasteiger partial charge is 0.255 e. The molecular weight excluding hydrogens is 616 g/mol. The zero-order chi connectivity index (χ0) is 33.0. The van der Waals surface area contributed by atoms with Gasteiger partial charge in [0.25, 0.3) is 5.91 Å². The number of aliphatic hydroxyl groups excluding tert-OH is 1. The van der Waals surface area contributed by atoms with Gasteiger partial charge in [0.2, 0.25) is 0 Å². The van der Waals surface area contributed by atoms with Gasteiger partial charge < -0.3 is 29.9 Å². The van der Waals surface area contributed by atoms with Crippen LogP contribution in [0.2, 0.25) is 5.02 Å². The van der Waals surface area contributed by atoms with E-state index in [2.05, 4.69) is 10.2 Å². The third-order valence-corrected chi connectivity index (χ3v) is 9.34. The number of ketones is 1. The molecule has 0 bridgehead atoms. The van der Waals surface area contributed by atoms with Gasteiger partial charge in [0.1, 0.15) is 0 Å². The molecule has 4 aromatic carbocycles. The molecule has 6 rings (SSSR count). The first-order valence-corrected chi connectivity index (χ1v) is 16.3. The predicted molar refractivity (Wildman–Crippen MR) is 180 cm³/mol. The minimum absolute atomic E-state index is 0.0363. The number of anilines is 1. The van der Waals surface area contributed by atoms with Crippen LogP contribution >= 0.6 is 11.6 Å². The summed E-state index contributed by atoms with van der Waals surface area (Å²) in [5, 5.41) is 24.5. The first kappa shape index (κ1) is 33.0.